The average Bonchev–Trinajstić information content (AvgIpc) is 3.37. The number of aliphatic imine (C=N–C) groups is 1. The van der Waals surface area contributed by atoms with Gasteiger partial charge in [0, 0.05) is 12.2 Å². The standard InChI is InChI=1S/C20H24N6/c1-3-4-18(24-17-7-12-5-6-13(17)15-8-14(12)15)23-11(2)19-16-9-21-10-22-20(16)26-25-19/h3-4,9-10,12-15,17H,2,5-8H2,1H3,(H,23,24)(H,21,22,25,26)/b4-3-/t12-,13-,14?,15?,17?/m0/s1. The van der Waals surface area contributed by atoms with Crippen LogP contribution in [0.2, 0.25) is 0 Å². The lowest BCUT2D eigenvalue weighted by Gasteiger charge is -2.42. The van der Waals surface area contributed by atoms with Gasteiger partial charge < -0.3 is 5.32 Å². The molecule has 5 atom stereocenters. The van der Waals surface area contributed by atoms with Gasteiger partial charge in [0.2, 0.25) is 0 Å². The zero-order valence-corrected chi connectivity index (χ0v) is 15.0. The molecule has 4 aliphatic carbocycles. The summed E-state index contributed by atoms with van der Waals surface area (Å²) in [5.41, 5.74) is 2.03. The summed E-state index contributed by atoms with van der Waals surface area (Å²) in [6, 6.07) is 0.541. The SMILES string of the molecule is C=C(/N=C(\C=C/C)NC1C[C@@H]2CC[C@H]1C1CC12)c1n[nH]c2ncncc12. The normalized spacial score (nSPS) is 32.8. The van der Waals surface area contributed by atoms with E-state index in [0.717, 1.165) is 34.9 Å². The van der Waals surface area contributed by atoms with Crippen LogP contribution in [0.5, 0.6) is 0 Å². The Morgan fingerprint density at radius 1 is 1.31 bits per heavy atom. The van der Waals surface area contributed by atoms with E-state index in [2.05, 4.69) is 32.1 Å². The summed E-state index contributed by atoms with van der Waals surface area (Å²) in [6.45, 7) is 6.15. The highest BCUT2D eigenvalue weighted by Crippen LogP contribution is 2.62. The largest absolute Gasteiger partial charge is 0.367 e. The summed E-state index contributed by atoms with van der Waals surface area (Å²) >= 11 is 0. The zero-order chi connectivity index (χ0) is 17.7. The van der Waals surface area contributed by atoms with Gasteiger partial charge in [-0.2, -0.15) is 5.10 Å². The minimum absolute atomic E-state index is 0.541. The molecule has 0 spiro atoms. The molecule has 6 heteroatoms. The molecule has 2 aromatic heterocycles. The van der Waals surface area contributed by atoms with Crippen LogP contribution < -0.4 is 5.32 Å². The molecule has 26 heavy (non-hydrogen) atoms. The van der Waals surface area contributed by atoms with Gasteiger partial charge in [0.25, 0.3) is 0 Å². The molecule has 2 aromatic rings. The molecule has 0 aliphatic heterocycles. The summed E-state index contributed by atoms with van der Waals surface area (Å²) in [7, 11) is 0. The maximum atomic E-state index is 4.76. The highest BCUT2D eigenvalue weighted by atomic mass is 15.2. The van der Waals surface area contributed by atoms with Gasteiger partial charge in [-0.15, -0.1) is 0 Å². The number of aromatic amines is 1. The van der Waals surface area contributed by atoms with E-state index in [1.165, 1.54) is 32.0 Å². The van der Waals surface area contributed by atoms with E-state index >= 15 is 0 Å². The van der Waals surface area contributed by atoms with Gasteiger partial charge in [-0.1, -0.05) is 12.7 Å². The first kappa shape index (κ1) is 15.7. The van der Waals surface area contributed by atoms with E-state index in [1.54, 1.807) is 6.20 Å². The molecule has 2 N–H and O–H groups in total. The average molecular weight is 348 g/mol. The molecule has 6 rings (SSSR count). The lowest BCUT2D eigenvalue weighted by molar-refractivity contribution is 0.123. The number of amidine groups is 1. The molecule has 0 saturated heterocycles. The van der Waals surface area contributed by atoms with E-state index in [-0.39, 0.29) is 0 Å². The van der Waals surface area contributed by atoms with Gasteiger partial charge in [0.15, 0.2) is 5.65 Å². The second-order valence-electron chi connectivity index (χ2n) is 7.85. The summed E-state index contributed by atoms with van der Waals surface area (Å²) in [6.07, 6.45) is 12.8. The van der Waals surface area contributed by atoms with Crippen LogP contribution in [0.15, 0.2) is 36.2 Å². The fraction of sp³-hybridized carbons (Fsp3) is 0.500. The fourth-order valence-corrected chi connectivity index (χ4v) is 5.21. The Morgan fingerprint density at radius 2 is 2.23 bits per heavy atom. The van der Waals surface area contributed by atoms with Crippen LogP contribution in [0.25, 0.3) is 16.7 Å². The molecular formula is C20H24N6. The molecular weight excluding hydrogens is 324 g/mol. The third kappa shape index (κ3) is 2.55. The van der Waals surface area contributed by atoms with Gasteiger partial charge in [-0.25, -0.2) is 15.0 Å². The van der Waals surface area contributed by atoms with E-state index in [0.29, 0.717) is 23.1 Å². The van der Waals surface area contributed by atoms with Crippen LogP contribution in [0.4, 0.5) is 0 Å². The van der Waals surface area contributed by atoms with Crippen molar-refractivity contribution in [1.82, 2.24) is 25.5 Å². The molecule has 0 amide bonds. The van der Waals surface area contributed by atoms with Gasteiger partial charge in [-0.05, 0) is 62.4 Å². The van der Waals surface area contributed by atoms with Crippen LogP contribution in [0.3, 0.4) is 0 Å². The van der Waals surface area contributed by atoms with Crippen molar-refractivity contribution in [3.05, 3.63) is 36.9 Å². The van der Waals surface area contributed by atoms with Gasteiger partial charge in [-0.3, -0.25) is 5.10 Å². The Morgan fingerprint density at radius 3 is 3.08 bits per heavy atom. The van der Waals surface area contributed by atoms with Crippen LogP contribution >= 0.6 is 0 Å². The number of nitrogens with one attached hydrogen (secondary N) is 2. The molecule has 4 aliphatic rings. The van der Waals surface area contributed by atoms with Crippen LogP contribution in [0, 0.1) is 23.7 Å². The monoisotopic (exact) mass is 348 g/mol. The van der Waals surface area contributed by atoms with Crippen molar-refractivity contribution in [2.45, 2.75) is 38.6 Å². The Bertz CT molecular complexity index is 910. The number of aromatic nitrogens is 4. The molecule has 134 valence electrons. The van der Waals surface area contributed by atoms with Crippen molar-refractivity contribution >= 4 is 22.6 Å². The fourth-order valence-electron chi connectivity index (χ4n) is 5.21. The maximum absolute atomic E-state index is 4.76. The first-order valence-electron chi connectivity index (χ1n) is 9.56. The van der Waals surface area contributed by atoms with E-state index in [1.807, 2.05) is 19.1 Å². The summed E-state index contributed by atoms with van der Waals surface area (Å²) in [5, 5.41) is 11.8. The predicted octanol–water partition coefficient (Wildman–Crippen LogP) is 3.32. The lowest BCUT2D eigenvalue weighted by atomic mass is 9.68. The van der Waals surface area contributed by atoms with Crippen molar-refractivity contribution in [1.29, 1.82) is 0 Å². The van der Waals surface area contributed by atoms with Crippen LogP contribution in [-0.4, -0.2) is 32.0 Å². The van der Waals surface area contributed by atoms with E-state index in [4.69, 9.17) is 4.99 Å². The Hall–Kier alpha value is -2.50. The van der Waals surface area contributed by atoms with Gasteiger partial charge in [0.1, 0.15) is 17.9 Å². The number of fused-ring (bicyclic) bond motifs is 3. The van der Waals surface area contributed by atoms with E-state index < -0.39 is 0 Å². The molecule has 0 aromatic carbocycles. The number of hydrogen-bond donors (Lipinski definition) is 2. The third-order valence-corrected chi connectivity index (χ3v) is 6.42. The number of rotatable bonds is 4. The highest BCUT2D eigenvalue weighted by molar-refractivity contribution is 5.98. The quantitative estimate of drug-likeness (QED) is 0.656. The topological polar surface area (TPSA) is 78.9 Å². The van der Waals surface area contributed by atoms with Crippen molar-refractivity contribution in [2.75, 3.05) is 0 Å². The number of allylic oxidation sites excluding steroid dienone is 1. The summed E-state index contributed by atoms with van der Waals surface area (Å²) in [5.74, 6) is 4.60. The molecule has 4 fully saturated rings. The van der Waals surface area contributed by atoms with Crippen molar-refractivity contribution in [3.8, 4) is 0 Å². The molecule has 2 bridgehead atoms. The smallest absolute Gasteiger partial charge is 0.159 e. The van der Waals surface area contributed by atoms with Crippen molar-refractivity contribution < 1.29 is 0 Å². The van der Waals surface area contributed by atoms with Crippen molar-refractivity contribution in [2.24, 2.45) is 28.7 Å². The molecule has 0 radical (unpaired) electrons. The Balaban J connectivity index is 1.39. The molecule has 6 nitrogen and oxygen atoms in total. The number of hydrogen-bond acceptors (Lipinski definition) is 4. The highest BCUT2D eigenvalue weighted by Gasteiger charge is 2.57. The van der Waals surface area contributed by atoms with Crippen LogP contribution in [0.1, 0.15) is 38.3 Å². The number of nitrogens with zero attached hydrogens (tertiary/aromatic N) is 4. The van der Waals surface area contributed by atoms with E-state index in [9.17, 15) is 0 Å². The second-order valence-corrected chi connectivity index (χ2v) is 7.85. The zero-order valence-electron chi connectivity index (χ0n) is 15.0. The predicted molar refractivity (Wildman–Crippen MR) is 102 cm³/mol. The Kier molecular flexibility index (Phi) is 3.65. The third-order valence-electron chi connectivity index (χ3n) is 6.42. The van der Waals surface area contributed by atoms with Gasteiger partial charge >= 0.3 is 0 Å². The lowest BCUT2D eigenvalue weighted by Crippen LogP contribution is -2.48. The number of H-pyrrole nitrogens is 1. The Labute approximate surface area is 152 Å². The molecule has 4 saturated carbocycles. The summed E-state index contributed by atoms with van der Waals surface area (Å²) in [4.78, 5) is 13.0. The second kappa shape index (κ2) is 6.04. The summed E-state index contributed by atoms with van der Waals surface area (Å²) < 4.78 is 0. The van der Waals surface area contributed by atoms with Crippen LogP contribution in [-0.2, 0) is 0 Å². The molecule has 3 unspecified atom stereocenters. The minimum atomic E-state index is 0.541. The van der Waals surface area contributed by atoms with Crippen molar-refractivity contribution in [3.63, 3.8) is 0 Å². The van der Waals surface area contributed by atoms with Gasteiger partial charge in [0.05, 0.1) is 11.1 Å². The maximum Gasteiger partial charge on any atom is 0.159 e. The first-order valence-corrected chi connectivity index (χ1v) is 9.56. The minimum Gasteiger partial charge on any atom is -0.367 e. The molecule has 2 heterocycles. The first-order chi connectivity index (χ1) is 12.7.